The van der Waals surface area contributed by atoms with Gasteiger partial charge in [-0.2, -0.15) is 8.75 Å². The maximum atomic E-state index is 13.7. The van der Waals surface area contributed by atoms with Crippen molar-refractivity contribution < 1.29 is 4.39 Å². The lowest BCUT2D eigenvalue weighted by atomic mass is 10.0. The van der Waals surface area contributed by atoms with Gasteiger partial charge in [-0.25, -0.2) is 4.39 Å². The zero-order valence-corrected chi connectivity index (χ0v) is 10.8. The first-order chi connectivity index (χ1) is 7.72. The van der Waals surface area contributed by atoms with Crippen molar-refractivity contribution in [2.24, 2.45) is 0 Å². The van der Waals surface area contributed by atoms with Gasteiger partial charge in [-0.3, -0.25) is 0 Å². The molecule has 0 radical (unpaired) electrons. The van der Waals surface area contributed by atoms with Crippen LogP contribution in [0, 0.1) is 5.82 Å². The number of aromatic nitrogens is 2. The SMILES string of the molecule is CNC(c1cnsn1)c1cc(Br)ccc1F. The minimum atomic E-state index is -0.267. The highest BCUT2D eigenvalue weighted by atomic mass is 79.9. The van der Waals surface area contributed by atoms with Gasteiger partial charge in [-0.05, 0) is 25.2 Å². The molecule has 1 aromatic heterocycles. The molecule has 0 spiro atoms. The van der Waals surface area contributed by atoms with E-state index in [0.29, 0.717) is 5.56 Å². The summed E-state index contributed by atoms with van der Waals surface area (Å²) in [5.41, 5.74) is 1.29. The zero-order valence-electron chi connectivity index (χ0n) is 8.45. The number of benzene rings is 1. The van der Waals surface area contributed by atoms with Crippen LogP contribution >= 0.6 is 27.7 Å². The third-order valence-corrected chi connectivity index (χ3v) is 3.22. The zero-order chi connectivity index (χ0) is 11.5. The minimum absolute atomic E-state index is 0.254. The summed E-state index contributed by atoms with van der Waals surface area (Å²) >= 11 is 4.44. The third-order valence-electron chi connectivity index (χ3n) is 2.23. The normalized spacial score (nSPS) is 12.7. The van der Waals surface area contributed by atoms with E-state index in [2.05, 4.69) is 30.0 Å². The van der Waals surface area contributed by atoms with E-state index in [9.17, 15) is 4.39 Å². The van der Waals surface area contributed by atoms with Gasteiger partial charge in [0.1, 0.15) is 5.82 Å². The quantitative estimate of drug-likeness (QED) is 0.947. The molecule has 1 aromatic carbocycles. The van der Waals surface area contributed by atoms with Crippen LogP contribution in [-0.4, -0.2) is 15.8 Å². The van der Waals surface area contributed by atoms with Crippen molar-refractivity contribution in [2.45, 2.75) is 6.04 Å². The van der Waals surface area contributed by atoms with E-state index in [1.807, 2.05) is 0 Å². The van der Waals surface area contributed by atoms with Crippen LogP contribution in [-0.2, 0) is 0 Å². The molecule has 1 unspecified atom stereocenters. The molecule has 0 saturated carbocycles. The Bertz CT molecular complexity index is 475. The average Bonchev–Trinajstić information content (AvgIpc) is 2.78. The van der Waals surface area contributed by atoms with E-state index < -0.39 is 0 Å². The van der Waals surface area contributed by atoms with Gasteiger partial charge in [0.2, 0.25) is 0 Å². The minimum Gasteiger partial charge on any atom is -0.308 e. The molecule has 6 heteroatoms. The summed E-state index contributed by atoms with van der Waals surface area (Å²) in [5.74, 6) is -0.254. The molecule has 1 atom stereocenters. The summed E-state index contributed by atoms with van der Waals surface area (Å²) in [7, 11) is 1.77. The first-order valence-corrected chi connectivity index (χ1v) is 6.14. The van der Waals surface area contributed by atoms with Crippen molar-refractivity contribution in [3.05, 3.63) is 45.9 Å². The number of nitrogens with zero attached hydrogens (tertiary/aromatic N) is 2. The molecule has 16 heavy (non-hydrogen) atoms. The Morgan fingerprint density at radius 1 is 1.50 bits per heavy atom. The molecule has 0 saturated heterocycles. The van der Waals surface area contributed by atoms with Crippen molar-refractivity contribution in [2.75, 3.05) is 7.05 Å². The van der Waals surface area contributed by atoms with Gasteiger partial charge in [-0.1, -0.05) is 15.9 Å². The number of nitrogens with one attached hydrogen (secondary N) is 1. The molecule has 2 aromatic rings. The molecule has 1 heterocycles. The lowest BCUT2D eigenvalue weighted by molar-refractivity contribution is 0.572. The second-order valence-electron chi connectivity index (χ2n) is 3.22. The molecule has 1 N–H and O–H groups in total. The highest BCUT2D eigenvalue weighted by molar-refractivity contribution is 9.10. The Hall–Kier alpha value is -0.850. The Labute approximate surface area is 105 Å². The van der Waals surface area contributed by atoms with E-state index in [1.165, 1.54) is 6.07 Å². The van der Waals surface area contributed by atoms with Crippen molar-refractivity contribution in [3.63, 3.8) is 0 Å². The fraction of sp³-hybridized carbons (Fsp3) is 0.200. The smallest absolute Gasteiger partial charge is 0.128 e. The highest BCUT2D eigenvalue weighted by Gasteiger charge is 2.18. The molecule has 0 amide bonds. The van der Waals surface area contributed by atoms with Gasteiger partial charge in [0, 0.05) is 10.0 Å². The van der Waals surface area contributed by atoms with E-state index in [4.69, 9.17) is 0 Å². The van der Waals surface area contributed by atoms with Crippen LogP contribution in [0.1, 0.15) is 17.3 Å². The van der Waals surface area contributed by atoms with Crippen LogP contribution in [0.5, 0.6) is 0 Å². The van der Waals surface area contributed by atoms with E-state index >= 15 is 0 Å². The molecule has 0 aliphatic heterocycles. The second kappa shape index (κ2) is 4.99. The van der Waals surface area contributed by atoms with Gasteiger partial charge in [0.25, 0.3) is 0 Å². The first kappa shape index (κ1) is 11.6. The molecule has 84 valence electrons. The lowest BCUT2D eigenvalue weighted by Crippen LogP contribution is -2.19. The van der Waals surface area contributed by atoms with Crippen LogP contribution in [0.3, 0.4) is 0 Å². The summed E-state index contributed by atoms with van der Waals surface area (Å²) in [5, 5.41) is 3.03. The van der Waals surface area contributed by atoms with E-state index in [0.717, 1.165) is 21.9 Å². The summed E-state index contributed by atoms with van der Waals surface area (Å²) in [6, 6.07) is 4.58. The Morgan fingerprint density at radius 3 is 2.94 bits per heavy atom. The molecule has 0 fully saturated rings. The highest BCUT2D eigenvalue weighted by Crippen LogP contribution is 2.25. The number of hydrogen-bond acceptors (Lipinski definition) is 4. The monoisotopic (exact) mass is 301 g/mol. The van der Waals surface area contributed by atoms with E-state index in [-0.39, 0.29) is 11.9 Å². The van der Waals surface area contributed by atoms with Crippen LogP contribution in [0.25, 0.3) is 0 Å². The van der Waals surface area contributed by atoms with Crippen LogP contribution in [0.2, 0.25) is 0 Å². The van der Waals surface area contributed by atoms with Gasteiger partial charge >= 0.3 is 0 Å². The average molecular weight is 302 g/mol. The molecule has 0 aliphatic carbocycles. The molecular weight excluding hydrogens is 293 g/mol. The fourth-order valence-electron chi connectivity index (χ4n) is 1.50. The predicted molar refractivity (Wildman–Crippen MR) is 64.9 cm³/mol. The topological polar surface area (TPSA) is 37.8 Å². The fourth-order valence-corrected chi connectivity index (χ4v) is 2.33. The Kier molecular flexibility index (Phi) is 3.63. The maximum Gasteiger partial charge on any atom is 0.128 e. The molecular formula is C10H9BrFN3S. The Morgan fingerprint density at radius 2 is 2.31 bits per heavy atom. The van der Waals surface area contributed by atoms with E-state index in [1.54, 1.807) is 25.4 Å². The van der Waals surface area contributed by atoms with Crippen LogP contribution in [0.4, 0.5) is 4.39 Å². The molecule has 3 nitrogen and oxygen atoms in total. The third kappa shape index (κ3) is 2.28. The lowest BCUT2D eigenvalue weighted by Gasteiger charge is -2.14. The molecule has 0 bridgehead atoms. The van der Waals surface area contributed by atoms with Gasteiger partial charge in [-0.15, -0.1) is 0 Å². The standard InChI is InChI=1S/C10H9BrFN3S/c1-13-10(9-5-14-16-15-9)7-4-6(11)2-3-8(7)12/h2-5,10,13H,1H3. The van der Waals surface area contributed by atoms with Crippen molar-refractivity contribution in [1.29, 1.82) is 0 Å². The summed E-state index contributed by atoms with van der Waals surface area (Å²) < 4.78 is 22.6. The van der Waals surface area contributed by atoms with Crippen LogP contribution in [0.15, 0.2) is 28.9 Å². The molecule has 0 aliphatic rings. The van der Waals surface area contributed by atoms with Crippen molar-refractivity contribution >= 4 is 27.7 Å². The summed E-state index contributed by atoms with van der Waals surface area (Å²) in [4.78, 5) is 0. The number of halogens is 2. The van der Waals surface area contributed by atoms with Crippen LogP contribution < -0.4 is 5.32 Å². The summed E-state index contributed by atoms with van der Waals surface area (Å²) in [6.07, 6.45) is 1.65. The first-order valence-electron chi connectivity index (χ1n) is 4.62. The second-order valence-corrected chi connectivity index (χ2v) is 4.69. The predicted octanol–water partition coefficient (Wildman–Crippen LogP) is 2.75. The number of rotatable bonds is 3. The van der Waals surface area contributed by atoms with Gasteiger partial charge in [0.05, 0.1) is 29.7 Å². The number of hydrogen-bond donors (Lipinski definition) is 1. The largest absolute Gasteiger partial charge is 0.308 e. The van der Waals surface area contributed by atoms with Crippen molar-refractivity contribution in [1.82, 2.24) is 14.1 Å². The van der Waals surface area contributed by atoms with Gasteiger partial charge < -0.3 is 5.32 Å². The Balaban J connectivity index is 2.44. The maximum absolute atomic E-state index is 13.7. The summed E-state index contributed by atoms with van der Waals surface area (Å²) in [6.45, 7) is 0. The van der Waals surface area contributed by atoms with Crippen molar-refractivity contribution in [3.8, 4) is 0 Å². The molecule has 2 rings (SSSR count). The van der Waals surface area contributed by atoms with Gasteiger partial charge in [0.15, 0.2) is 0 Å².